The Labute approximate surface area is 201 Å². The molecule has 2 aliphatic rings. The number of imidazole rings is 1. The van der Waals surface area contributed by atoms with E-state index in [1.165, 1.54) is 29.1 Å². The van der Waals surface area contributed by atoms with Crippen LogP contribution in [0.2, 0.25) is 5.02 Å². The Hall–Kier alpha value is -3.31. The number of nitrogens with one attached hydrogen (secondary N) is 1. The molecule has 0 saturated heterocycles. The minimum Gasteiger partial charge on any atom is -0.393 e. The van der Waals surface area contributed by atoms with E-state index in [9.17, 15) is 27.5 Å². The average molecular weight is 508 g/mol. The van der Waals surface area contributed by atoms with Crippen molar-refractivity contribution in [2.75, 3.05) is 0 Å². The van der Waals surface area contributed by atoms with E-state index in [1.807, 2.05) is 0 Å². The lowest BCUT2D eigenvalue weighted by atomic mass is 9.89. The number of aliphatic hydroxyl groups excluding tert-OH is 1. The van der Waals surface area contributed by atoms with Gasteiger partial charge in [-0.05, 0) is 44.0 Å². The van der Waals surface area contributed by atoms with Gasteiger partial charge in [-0.15, -0.1) is 0 Å². The number of rotatable bonds is 3. The monoisotopic (exact) mass is 507 g/mol. The second kappa shape index (κ2) is 8.42. The fourth-order valence-corrected chi connectivity index (χ4v) is 4.58. The largest absolute Gasteiger partial charge is 0.417 e. The van der Waals surface area contributed by atoms with Gasteiger partial charge in [-0.2, -0.15) is 13.2 Å². The molecule has 1 amide bonds. The molecule has 1 aliphatic carbocycles. The van der Waals surface area contributed by atoms with Crippen LogP contribution in [0.5, 0.6) is 0 Å². The van der Waals surface area contributed by atoms with Crippen LogP contribution < -0.4 is 5.32 Å². The lowest BCUT2D eigenvalue weighted by molar-refractivity contribution is -0.137. The van der Waals surface area contributed by atoms with Crippen molar-refractivity contribution < 1.29 is 27.5 Å². The topological polar surface area (TPSA) is 92.4 Å². The number of fused-ring (bicyclic) bond motifs is 3. The summed E-state index contributed by atoms with van der Waals surface area (Å²) < 4.78 is 57.2. The van der Waals surface area contributed by atoms with Gasteiger partial charge in [0.25, 0.3) is 5.91 Å². The number of aliphatic hydroxyl groups is 1. The van der Waals surface area contributed by atoms with E-state index >= 15 is 0 Å². The number of benzene rings is 1. The highest BCUT2D eigenvalue weighted by Gasteiger charge is 2.38. The number of pyridine rings is 1. The Kier molecular flexibility index (Phi) is 5.64. The smallest absolute Gasteiger partial charge is 0.393 e. The Bertz CT molecular complexity index is 1360. The Morgan fingerprint density at radius 2 is 2.00 bits per heavy atom. The lowest BCUT2D eigenvalue weighted by Gasteiger charge is -2.31. The normalized spacial score (nSPS) is 21.3. The zero-order chi connectivity index (χ0) is 25.1. The van der Waals surface area contributed by atoms with E-state index in [0.717, 1.165) is 12.1 Å². The third kappa shape index (κ3) is 4.08. The molecule has 0 radical (unpaired) electrons. The number of hydrogen-bond acceptors (Lipinski definition) is 5. The van der Waals surface area contributed by atoms with Gasteiger partial charge in [0.1, 0.15) is 23.3 Å². The van der Waals surface area contributed by atoms with Crippen molar-refractivity contribution in [3.05, 3.63) is 75.8 Å². The summed E-state index contributed by atoms with van der Waals surface area (Å²) in [5.74, 6) is -1.01. The predicted octanol–water partition coefficient (Wildman–Crippen LogP) is 4.24. The molecule has 1 saturated carbocycles. The highest BCUT2D eigenvalue weighted by atomic mass is 35.5. The van der Waals surface area contributed by atoms with Gasteiger partial charge in [-0.1, -0.05) is 11.6 Å². The van der Waals surface area contributed by atoms with Crippen LogP contribution in [-0.4, -0.2) is 43.4 Å². The quantitative estimate of drug-likeness (QED) is 0.519. The third-order valence-corrected chi connectivity index (χ3v) is 6.41. The maximum absolute atomic E-state index is 14.7. The Morgan fingerprint density at radius 1 is 1.26 bits per heavy atom. The number of amides is 1. The maximum Gasteiger partial charge on any atom is 0.417 e. The van der Waals surface area contributed by atoms with E-state index in [-0.39, 0.29) is 40.2 Å². The summed E-state index contributed by atoms with van der Waals surface area (Å²) in [6.45, 7) is 1.62. The van der Waals surface area contributed by atoms with Gasteiger partial charge in [0, 0.05) is 24.0 Å². The fourth-order valence-electron chi connectivity index (χ4n) is 4.22. The third-order valence-electron chi connectivity index (χ3n) is 6.02. The number of carbonyl (C=O) groups excluding carboxylic acids is 1. The average Bonchev–Trinajstić information content (AvgIpc) is 3.17. The molecule has 35 heavy (non-hydrogen) atoms. The molecule has 1 fully saturated rings. The minimum absolute atomic E-state index is 0.0258. The number of aromatic nitrogens is 3. The van der Waals surface area contributed by atoms with Crippen molar-refractivity contribution in [1.82, 2.24) is 19.9 Å². The SMILES string of the molecule is C[C@@H]1N=C(c2ncccc2F)c2c(ccc(C(F)(F)F)c2Cl)-n2cc(C(=O)NC3CC(O)C3)nc21. The summed E-state index contributed by atoms with van der Waals surface area (Å²) in [6, 6.07) is 3.52. The number of nitrogens with zero attached hydrogens (tertiary/aromatic N) is 4. The second-order valence-electron chi connectivity index (χ2n) is 8.46. The highest BCUT2D eigenvalue weighted by Crippen LogP contribution is 2.41. The van der Waals surface area contributed by atoms with E-state index in [4.69, 9.17) is 11.6 Å². The number of carbonyl (C=O) groups is 1. The van der Waals surface area contributed by atoms with Crippen molar-refractivity contribution in [3.63, 3.8) is 0 Å². The molecule has 7 nitrogen and oxygen atoms in total. The molecular weight excluding hydrogens is 490 g/mol. The van der Waals surface area contributed by atoms with Crippen LogP contribution in [-0.2, 0) is 6.18 Å². The van der Waals surface area contributed by atoms with Gasteiger partial charge in [0.2, 0.25) is 0 Å². The van der Waals surface area contributed by atoms with E-state index in [2.05, 4.69) is 20.3 Å². The predicted molar refractivity (Wildman–Crippen MR) is 118 cm³/mol. The zero-order valence-electron chi connectivity index (χ0n) is 18.1. The summed E-state index contributed by atoms with van der Waals surface area (Å²) in [5, 5.41) is 11.5. The Morgan fingerprint density at radius 3 is 2.66 bits per heavy atom. The van der Waals surface area contributed by atoms with E-state index < -0.39 is 40.6 Å². The first-order valence-corrected chi connectivity index (χ1v) is 11.1. The molecule has 0 unspecified atom stereocenters. The number of halogens is 5. The van der Waals surface area contributed by atoms with Gasteiger partial charge >= 0.3 is 6.18 Å². The molecule has 2 N–H and O–H groups in total. The molecule has 0 spiro atoms. The maximum atomic E-state index is 14.7. The summed E-state index contributed by atoms with van der Waals surface area (Å²) in [4.78, 5) is 25.6. The molecule has 0 bridgehead atoms. The highest BCUT2D eigenvalue weighted by molar-refractivity contribution is 6.37. The number of alkyl halides is 3. The molecule has 1 aliphatic heterocycles. The lowest BCUT2D eigenvalue weighted by Crippen LogP contribution is -2.46. The number of hydrogen-bond donors (Lipinski definition) is 2. The first-order valence-electron chi connectivity index (χ1n) is 10.7. The first kappa shape index (κ1) is 23.4. The second-order valence-corrected chi connectivity index (χ2v) is 8.83. The van der Waals surface area contributed by atoms with Crippen LogP contribution in [0.15, 0.2) is 41.7 Å². The minimum atomic E-state index is -4.77. The van der Waals surface area contributed by atoms with Gasteiger partial charge in [-0.3, -0.25) is 14.8 Å². The van der Waals surface area contributed by atoms with Crippen LogP contribution in [0.3, 0.4) is 0 Å². The van der Waals surface area contributed by atoms with Crippen LogP contribution in [0.25, 0.3) is 5.69 Å². The van der Waals surface area contributed by atoms with Crippen molar-refractivity contribution in [2.45, 2.75) is 44.1 Å². The Balaban J connectivity index is 1.68. The van der Waals surface area contributed by atoms with Crippen LogP contribution >= 0.6 is 11.6 Å². The summed E-state index contributed by atoms with van der Waals surface area (Å²) in [5.41, 5.74) is -1.51. The summed E-state index contributed by atoms with van der Waals surface area (Å²) in [7, 11) is 0. The van der Waals surface area contributed by atoms with E-state index in [1.54, 1.807) is 6.92 Å². The van der Waals surface area contributed by atoms with Gasteiger partial charge in [0.05, 0.1) is 28.1 Å². The van der Waals surface area contributed by atoms with Crippen molar-refractivity contribution >= 4 is 23.2 Å². The van der Waals surface area contributed by atoms with Gasteiger partial charge < -0.3 is 15.0 Å². The van der Waals surface area contributed by atoms with Gasteiger partial charge in [-0.25, -0.2) is 9.37 Å². The molecule has 2 aromatic heterocycles. The molecule has 1 aromatic carbocycles. The number of aliphatic imine (C=N–C) groups is 1. The zero-order valence-corrected chi connectivity index (χ0v) is 18.9. The first-order chi connectivity index (χ1) is 16.5. The van der Waals surface area contributed by atoms with Crippen molar-refractivity contribution in [3.8, 4) is 5.69 Å². The molecule has 182 valence electrons. The molecular formula is C23H18ClF4N5O2. The van der Waals surface area contributed by atoms with Crippen LogP contribution in [0.1, 0.15) is 58.9 Å². The standard InChI is InChI=1S/C23H18ClF4N5O2/c1-10-21-32-15(22(35)31-11-7-12(34)8-11)9-33(21)16-5-4-13(23(26,27)28)18(24)17(16)20(30-10)19-14(25)3-2-6-29-19/h2-6,9-12,34H,7-8H2,1H3,(H,31,35)/t10-,11?,12?/m0/s1. The molecule has 5 rings (SSSR count). The van der Waals surface area contributed by atoms with Crippen molar-refractivity contribution in [2.24, 2.45) is 4.99 Å². The van der Waals surface area contributed by atoms with E-state index in [0.29, 0.717) is 12.8 Å². The molecule has 1 atom stereocenters. The fraction of sp³-hybridized carbons (Fsp3) is 0.304. The van der Waals surface area contributed by atoms with Crippen LogP contribution in [0, 0.1) is 5.82 Å². The van der Waals surface area contributed by atoms with Crippen molar-refractivity contribution in [1.29, 1.82) is 0 Å². The van der Waals surface area contributed by atoms with Gasteiger partial charge in [0.15, 0.2) is 5.82 Å². The molecule has 12 heteroatoms. The molecule has 3 heterocycles. The molecule has 3 aromatic rings. The van der Waals surface area contributed by atoms with Crippen LogP contribution in [0.4, 0.5) is 17.6 Å². The summed E-state index contributed by atoms with van der Waals surface area (Å²) >= 11 is 6.29. The summed E-state index contributed by atoms with van der Waals surface area (Å²) in [6.07, 6.45) is -1.69.